The zero-order valence-electron chi connectivity index (χ0n) is 16.1. The number of rotatable bonds is 7. The van der Waals surface area contributed by atoms with Crippen LogP contribution in [0.3, 0.4) is 0 Å². The lowest BCUT2D eigenvalue weighted by atomic mass is 10.1. The molecule has 29 heavy (non-hydrogen) atoms. The van der Waals surface area contributed by atoms with Crippen molar-refractivity contribution < 1.29 is 22.8 Å². The first-order valence-corrected chi connectivity index (χ1v) is 9.61. The highest BCUT2D eigenvalue weighted by atomic mass is 19.4. The maximum Gasteiger partial charge on any atom is 0.416 e. The van der Waals surface area contributed by atoms with E-state index in [0.717, 1.165) is 31.4 Å². The van der Waals surface area contributed by atoms with E-state index in [4.69, 9.17) is 0 Å². The molecular weight excluding hydrogens is 385 g/mol. The number of alkyl halides is 3. The Bertz CT molecular complexity index is 875. The average Bonchev–Trinajstić information content (AvgIpc) is 3.12. The van der Waals surface area contributed by atoms with Crippen molar-refractivity contribution in [1.29, 1.82) is 0 Å². The molecule has 0 aliphatic carbocycles. The second kappa shape index (κ2) is 8.67. The molecule has 0 saturated heterocycles. The highest BCUT2D eigenvalue weighted by Gasteiger charge is 2.31. The van der Waals surface area contributed by atoms with Gasteiger partial charge in [-0.05, 0) is 24.1 Å². The Morgan fingerprint density at radius 2 is 1.90 bits per heavy atom. The van der Waals surface area contributed by atoms with Gasteiger partial charge in [0.15, 0.2) is 5.69 Å². The molecule has 1 aliphatic rings. The number of aromatic nitrogens is 2. The van der Waals surface area contributed by atoms with Gasteiger partial charge in [0.1, 0.15) is 5.69 Å². The number of carbonyl (C=O) groups is 2. The molecule has 2 heterocycles. The Balaban J connectivity index is 1.64. The van der Waals surface area contributed by atoms with Gasteiger partial charge >= 0.3 is 6.18 Å². The average molecular weight is 408 g/mol. The Morgan fingerprint density at radius 1 is 1.17 bits per heavy atom. The van der Waals surface area contributed by atoms with Crippen molar-refractivity contribution in [1.82, 2.24) is 20.0 Å². The van der Waals surface area contributed by atoms with Crippen LogP contribution in [0, 0.1) is 0 Å². The SMILES string of the molecule is CCCCCNC(=O)c1cc2n(n1)CCN(Cc1ccc(C(F)(F)F)cc1)C2=O. The Hall–Kier alpha value is -2.84. The Morgan fingerprint density at radius 3 is 2.55 bits per heavy atom. The molecule has 1 aromatic heterocycles. The summed E-state index contributed by atoms with van der Waals surface area (Å²) < 4.78 is 39.6. The number of fused-ring (bicyclic) bond motifs is 1. The van der Waals surface area contributed by atoms with Crippen LogP contribution in [0.2, 0.25) is 0 Å². The minimum absolute atomic E-state index is 0.195. The minimum atomic E-state index is -4.39. The Labute approximate surface area is 166 Å². The van der Waals surface area contributed by atoms with Crippen LogP contribution in [0.15, 0.2) is 30.3 Å². The second-order valence-corrected chi connectivity index (χ2v) is 7.02. The molecule has 2 amide bonds. The molecule has 0 bridgehead atoms. The predicted molar refractivity (Wildman–Crippen MR) is 100 cm³/mol. The highest BCUT2D eigenvalue weighted by molar-refractivity contribution is 5.98. The van der Waals surface area contributed by atoms with E-state index in [2.05, 4.69) is 17.3 Å². The summed E-state index contributed by atoms with van der Waals surface area (Å²) in [5, 5.41) is 7.01. The number of nitrogens with one attached hydrogen (secondary N) is 1. The van der Waals surface area contributed by atoms with Crippen molar-refractivity contribution in [2.24, 2.45) is 0 Å². The third kappa shape index (κ3) is 4.96. The molecule has 1 aliphatic heterocycles. The Kier molecular flexibility index (Phi) is 6.24. The quantitative estimate of drug-likeness (QED) is 0.714. The summed E-state index contributed by atoms with van der Waals surface area (Å²) in [6.07, 6.45) is -1.43. The van der Waals surface area contributed by atoms with Gasteiger partial charge in [-0.3, -0.25) is 14.3 Å². The molecular formula is C20H23F3N4O2. The molecule has 3 rings (SSSR count). The molecule has 9 heteroatoms. The van der Waals surface area contributed by atoms with Gasteiger partial charge in [-0.2, -0.15) is 18.3 Å². The van der Waals surface area contributed by atoms with Crippen LogP contribution < -0.4 is 5.32 Å². The maximum absolute atomic E-state index is 12.7. The first kappa shape index (κ1) is 20.9. The summed E-state index contributed by atoms with van der Waals surface area (Å²) in [5.41, 5.74) is 0.384. The van der Waals surface area contributed by atoms with Gasteiger partial charge in [0.2, 0.25) is 0 Å². The van der Waals surface area contributed by atoms with Crippen LogP contribution >= 0.6 is 0 Å². The summed E-state index contributed by atoms with van der Waals surface area (Å²) in [7, 11) is 0. The van der Waals surface area contributed by atoms with Gasteiger partial charge in [0, 0.05) is 25.7 Å². The van der Waals surface area contributed by atoms with Crippen LogP contribution in [-0.4, -0.2) is 39.6 Å². The topological polar surface area (TPSA) is 67.2 Å². The number of carbonyl (C=O) groups excluding carboxylic acids is 2. The molecule has 0 fully saturated rings. The van der Waals surface area contributed by atoms with E-state index >= 15 is 0 Å². The summed E-state index contributed by atoms with van der Waals surface area (Å²) in [6.45, 7) is 3.62. The van der Waals surface area contributed by atoms with E-state index in [1.54, 1.807) is 4.90 Å². The largest absolute Gasteiger partial charge is 0.416 e. The fourth-order valence-corrected chi connectivity index (χ4v) is 3.19. The van der Waals surface area contributed by atoms with Crippen molar-refractivity contribution in [2.75, 3.05) is 13.1 Å². The summed E-state index contributed by atoms with van der Waals surface area (Å²) in [4.78, 5) is 26.5. The molecule has 0 saturated carbocycles. The normalized spacial score (nSPS) is 14.1. The minimum Gasteiger partial charge on any atom is -0.351 e. The van der Waals surface area contributed by atoms with E-state index in [1.807, 2.05) is 0 Å². The number of hydrogen-bond acceptors (Lipinski definition) is 3. The van der Waals surface area contributed by atoms with Gasteiger partial charge < -0.3 is 10.2 Å². The number of nitrogens with zero attached hydrogens (tertiary/aromatic N) is 3. The smallest absolute Gasteiger partial charge is 0.351 e. The fraction of sp³-hybridized carbons (Fsp3) is 0.450. The van der Waals surface area contributed by atoms with Crippen LogP contribution in [0.4, 0.5) is 13.2 Å². The lowest BCUT2D eigenvalue weighted by Crippen LogP contribution is -2.39. The highest BCUT2D eigenvalue weighted by Crippen LogP contribution is 2.29. The van der Waals surface area contributed by atoms with Crippen molar-refractivity contribution in [2.45, 2.75) is 45.5 Å². The van der Waals surface area contributed by atoms with Crippen molar-refractivity contribution >= 4 is 11.8 Å². The predicted octanol–water partition coefficient (Wildman–Crippen LogP) is 3.48. The molecule has 2 aromatic rings. The zero-order valence-corrected chi connectivity index (χ0v) is 16.1. The number of amides is 2. The number of unbranched alkanes of at least 4 members (excludes halogenated alkanes) is 2. The van der Waals surface area contributed by atoms with Crippen molar-refractivity contribution in [3.05, 3.63) is 52.8 Å². The summed E-state index contributed by atoms with van der Waals surface area (Å²) in [6, 6.07) is 6.23. The lowest BCUT2D eigenvalue weighted by molar-refractivity contribution is -0.137. The molecule has 0 atom stereocenters. The molecule has 156 valence electrons. The third-order valence-corrected chi connectivity index (χ3v) is 4.82. The van der Waals surface area contributed by atoms with Crippen LogP contribution in [-0.2, 0) is 19.3 Å². The fourth-order valence-electron chi connectivity index (χ4n) is 3.19. The van der Waals surface area contributed by atoms with Crippen molar-refractivity contribution in [3.8, 4) is 0 Å². The van der Waals surface area contributed by atoms with Gasteiger partial charge in [0.05, 0.1) is 12.1 Å². The molecule has 1 aromatic carbocycles. The van der Waals surface area contributed by atoms with E-state index in [9.17, 15) is 22.8 Å². The van der Waals surface area contributed by atoms with E-state index in [-0.39, 0.29) is 24.1 Å². The number of hydrogen-bond donors (Lipinski definition) is 1. The lowest BCUT2D eigenvalue weighted by Gasteiger charge is -2.27. The summed E-state index contributed by atoms with van der Waals surface area (Å²) >= 11 is 0. The van der Waals surface area contributed by atoms with Crippen LogP contribution in [0.25, 0.3) is 0 Å². The van der Waals surface area contributed by atoms with Gasteiger partial charge in [-0.1, -0.05) is 31.9 Å². The van der Waals surface area contributed by atoms with Crippen LogP contribution in [0.5, 0.6) is 0 Å². The van der Waals surface area contributed by atoms with E-state index in [1.165, 1.54) is 22.9 Å². The van der Waals surface area contributed by atoms with E-state index < -0.39 is 11.7 Å². The second-order valence-electron chi connectivity index (χ2n) is 7.02. The van der Waals surface area contributed by atoms with Crippen molar-refractivity contribution in [3.63, 3.8) is 0 Å². The maximum atomic E-state index is 12.7. The van der Waals surface area contributed by atoms with Gasteiger partial charge in [0.25, 0.3) is 11.8 Å². The number of benzene rings is 1. The monoisotopic (exact) mass is 408 g/mol. The zero-order chi connectivity index (χ0) is 21.0. The standard InChI is InChI=1S/C20H23F3N4O2/c1-2-3-4-9-24-18(28)16-12-17-19(29)26(10-11-27(17)25-16)13-14-5-7-15(8-6-14)20(21,22)23/h5-8,12H,2-4,9-11,13H2,1H3,(H,24,28). The third-order valence-electron chi connectivity index (χ3n) is 4.82. The molecule has 0 radical (unpaired) electrons. The number of halogens is 3. The molecule has 1 N–H and O–H groups in total. The van der Waals surface area contributed by atoms with Gasteiger partial charge in [-0.15, -0.1) is 0 Å². The molecule has 0 spiro atoms. The first-order chi connectivity index (χ1) is 13.8. The first-order valence-electron chi connectivity index (χ1n) is 9.61. The summed E-state index contributed by atoms with van der Waals surface area (Å²) in [5.74, 6) is -0.612. The van der Waals surface area contributed by atoms with Crippen LogP contribution in [0.1, 0.15) is 58.3 Å². The van der Waals surface area contributed by atoms with E-state index in [0.29, 0.717) is 30.9 Å². The van der Waals surface area contributed by atoms with Gasteiger partial charge in [-0.25, -0.2) is 0 Å². The molecule has 0 unspecified atom stereocenters. The molecule has 6 nitrogen and oxygen atoms in total.